The van der Waals surface area contributed by atoms with Crippen molar-refractivity contribution < 1.29 is 4.79 Å². The first-order valence-corrected chi connectivity index (χ1v) is 7.79. The van der Waals surface area contributed by atoms with Gasteiger partial charge in [0, 0.05) is 17.3 Å². The normalized spacial score (nSPS) is 13.5. The predicted octanol–water partition coefficient (Wildman–Crippen LogP) is 2.84. The van der Waals surface area contributed by atoms with Crippen LogP contribution in [0.1, 0.15) is 40.0 Å². The summed E-state index contributed by atoms with van der Waals surface area (Å²) in [7, 11) is 0. The molecule has 1 aliphatic carbocycles. The van der Waals surface area contributed by atoms with E-state index in [2.05, 4.69) is 10.3 Å². The number of aryl methyl sites for hydroxylation is 2. The molecule has 0 atom stereocenters. The lowest BCUT2D eigenvalue weighted by Gasteiger charge is -2.16. The van der Waals surface area contributed by atoms with Gasteiger partial charge < -0.3 is 10.3 Å². The van der Waals surface area contributed by atoms with Crippen molar-refractivity contribution in [3.05, 3.63) is 68.1 Å². The summed E-state index contributed by atoms with van der Waals surface area (Å²) >= 11 is 5.91. The van der Waals surface area contributed by atoms with Crippen LogP contribution in [0.3, 0.4) is 0 Å². The average molecular weight is 317 g/mol. The fourth-order valence-corrected chi connectivity index (χ4v) is 2.98. The quantitative estimate of drug-likeness (QED) is 0.914. The van der Waals surface area contributed by atoms with E-state index in [1.807, 2.05) is 12.1 Å². The summed E-state index contributed by atoms with van der Waals surface area (Å²) < 4.78 is 0. The molecule has 3 rings (SSSR count). The van der Waals surface area contributed by atoms with Crippen molar-refractivity contribution >= 4 is 17.5 Å². The third kappa shape index (κ3) is 3.22. The van der Waals surface area contributed by atoms with Crippen LogP contribution >= 0.6 is 11.6 Å². The second kappa shape index (κ2) is 6.36. The SMILES string of the molecule is O=C(NCc1cccc(Cl)c1)c1cc2c([nH]c1=O)CCCC2. The smallest absolute Gasteiger partial charge is 0.261 e. The van der Waals surface area contributed by atoms with Crippen LogP contribution in [-0.4, -0.2) is 10.9 Å². The number of hydrogen-bond donors (Lipinski definition) is 2. The van der Waals surface area contributed by atoms with E-state index >= 15 is 0 Å². The van der Waals surface area contributed by atoms with E-state index in [4.69, 9.17) is 11.6 Å². The number of aromatic amines is 1. The van der Waals surface area contributed by atoms with Gasteiger partial charge in [-0.2, -0.15) is 0 Å². The summed E-state index contributed by atoms with van der Waals surface area (Å²) in [6, 6.07) is 9.01. The van der Waals surface area contributed by atoms with Crippen molar-refractivity contribution in [1.29, 1.82) is 0 Å². The minimum absolute atomic E-state index is 0.183. The fraction of sp³-hybridized carbons (Fsp3) is 0.294. The van der Waals surface area contributed by atoms with Gasteiger partial charge in [-0.3, -0.25) is 9.59 Å². The van der Waals surface area contributed by atoms with E-state index in [1.54, 1.807) is 18.2 Å². The average Bonchev–Trinajstić information content (AvgIpc) is 2.52. The minimum Gasteiger partial charge on any atom is -0.348 e. The second-order valence-electron chi connectivity index (χ2n) is 5.54. The van der Waals surface area contributed by atoms with Crippen LogP contribution in [0.15, 0.2) is 35.1 Å². The zero-order chi connectivity index (χ0) is 15.5. The Balaban J connectivity index is 1.76. The first kappa shape index (κ1) is 14.9. The summed E-state index contributed by atoms with van der Waals surface area (Å²) in [6.45, 7) is 0.343. The number of aromatic nitrogens is 1. The van der Waals surface area contributed by atoms with Crippen molar-refractivity contribution in [1.82, 2.24) is 10.3 Å². The molecule has 2 N–H and O–H groups in total. The molecule has 0 spiro atoms. The summed E-state index contributed by atoms with van der Waals surface area (Å²) in [4.78, 5) is 27.2. The lowest BCUT2D eigenvalue weighted by atomic mass is 9.95. The van der Waals surface area contributed by atoms with Gasteiger partial charge >= 0.3 is 0 Å². The Morgan fingerprint density at radius 1 is 1.23 bits per heavy atom. The number of halogens is 1. The van der Waals surface area contributed by atoms with Crippen LogP contribution in [0.5, 0.6) is 0 Å². The van der Waals surface area contributed by atoms with E-state index < -0.39 is 0 Å². The van der Waals surface area contributed by atoms with Gasteiger partial charge in [0.15, 0.2) is 0 Å². The number of nitrogens with one attached hydrogen (secondary N) is 2. The Labute approximate surface area is 133 Å². The highest BCUT2D eigenvalue weighted by Gasteiger charge is 2.16. The van der Waals surface area contributed by atoms with Crippen LogP contribution in [0.25, 0.3) is 0 Å². The molecule has 1 heterocycles. The van der Waals surface area contributed by atoms with Gasteiger partial charge in [0.05, 0.1) is 0 Å². The molecule has 1 aromatic carbocycles. The molecule has 22 heavy (non-hydrogen) atoms. The Morgan fingerprint density at radius 3 is 2.86 bits per heavy atom. The second-order valence-corrected chi connectivity index (χ2v) is 5.97. The number of pyridine rings is 1. The van der Waals surface area contributed by atoms with Crippen LogP contribution in [0, 0.1) is 0 Å². The zero-order valence-electron chi connectivity index (χ0n) is 12.1. The number of amides is 1. The van der Waals surface area contributed by atoms with Crippen molar-refractivity contribution in [2.45, 2.75) is 32.2 Å². The number of carbonyl (C=O) groups excluding carboxylic acids is 1. The highest BCUT2D eigenvalue weighted by molar-refractivity contribution is 6.30. The van der Waals surface area contributed by atoms with E-state index in [0.717, 1.165) is 42.5 Å². The van der Waals surface area contributed by atoms with Crippen LogP contribution < -0.4 is 10.9 Å². The first-order valence-electron chi connectivity index (χ1n) is 7.41. The number of benzene rings is 1. The monoisotopic (exact) mass is 316 g/mol. The summed E-state index contributed by atoms with van der Waals surface area (Å²) in [5.74, 6) is -0.352. The molecule has 5 heteroatoms. The van der Waals surface area contributed by atoms with Gasteiger partial charge in [-0.1, -0.05) is 23.7 Å². The maximum absolute atomic E-state index is 12.2. The van der Waals surface area contributed by atoms with E-state index in [9.17, 15) is 9.59 Å². The largest absolute Gasteiger partial charge is 0.348 e. The molecule has 0 fully saturated rings. The van der Waals surface area contributed by atoms with E-state index in [0.29, 0.717) is 11.6 Å². The molecule has 114 valence electrons. The third-order valence-corrected chi connectivity index (χ3v) is 4.16. The molecule has 0 bridgehead atoms. The topological polar surface area (TPSA) is 62.0 Å². The highest BCUT2D eigenvalue weighted by Crippen LogP contribution is 2.18. The fourth-order valence-electron chi connectivity index (χ4n) is 2.77. The highest BCUT2D eigenvalue weighted by atomic mass is 35.5. The molecule has 0 unspecified atom stereocenters. The molecule has 2 aromatic rings. The summed E-state index contributed by atoms with van der Waals surface area (Å²) in [6.07, 6.45) is 3.99. The molecule has 4 nitrogen and oxygen atoms in total. The third-order valence-electron chi connectivity index (χ3n) is 3.92. The number of fused-ring (bicyclic) bond motifs is 1. The van der Waals surface area contributed by atoms with Crippen molar-refractivity contribution in [3.8, 4) is 0 Å². The van der Waals surface area contributed by atoms with Gasteiger partial charge in [-0.25, -0.2) is 0 Å². The van der Waals surface area contributed by atoms with Crippen molar-refractivity contribution in [2.75, 3.05) is 0 Å². The van der Waals surface area contributed by atoms with Gasteiger partial charge in [0.2, 0.25) is 0 Å². The Kier molecular flexibility index (Phi) is 4.29. The van der Waals surface area contributed by atoms with E-state index in [1.165, 1.54) is 0 Å². The minimum atomic E-state index is -0.352. The Morgan fingerprint density at radius 2 is 2.05 bits per heavy atom. The van der Waals surface area contributed by atoms with Gasteiger partial charge in [-0.05, 0) is 55.0 Å². The molecule has 1 aliphatic rings. The molecule has 0 saturated carbocycles. The van der Waals surface area contributed by atoms with Gasteiger partial charge in [-0.15, -0.1) is 0 Å². The van der Waals surface area contributed by atoms with Crippen LogP contribution in [0.4, 0.5) is 0 Å². The maximum Gasteiger partial charge on any atom is 0.261 e. The molecule has 1 aromatic heterocycles. The zero-order valence-corrected chi connectivity index (χ0v) is 12.9. The molecular weight excluding hydrogens is 300 g/mol. The standard InChI is InChI=1S/C17H17ClN2O2/c18-13-6-3-4-11(8-13)10-19-16(21)14-9-12-5-1-2-7-15(12)20-17(14)22/h3-4,6,8-9H,1-2,5,7,10H2,(H,19,21)(H,20,22). The first-order chi connectivity index (χ1) is 10.6. The molecule has 0 aliphatic heterocycles. The molecule has 1 amide bonds. The van der Waals surface area contributed by atoms with E-state index in [-0.39, 0.29) is 17.0 Å². The number of rotatable bonds is 3. The maximum atomic E-state index is 12.2. The summed E-state index contributed by atoms with van der Waals surface area (Å²) in [5, 5.41) is 3.40. The molecular formula is C17H17ClN2O2. The van der Waals surface area contributed by atoms with Crippen LogP contribution in [-0.2, 0) is 19.4 Å². The van der Waals surface area contributed by atoms with Gasteiger partial charge in [0.25, 0.3) is 11.5 Å². The van der Waals surface area contributed by atoms with Crippen LogP contribution in [0.2, 0.25) is 5.02 Å². The molecule has 0 saturated heterocycles. The lowest BCUT2D eigenvalue weighted by Crippen LogP contribution is -2.30. The van der Waals surface area contributed by atoms with Crippen molar-refractivity contribution in [3.63, 3.8) is 0 Å². The van der Waals surface area contributed by atoms with Gasteiger partial charge in [0.1, 0.15) is 5.56 Å². The number of carbonyl (C=O) groups is 1. The molecule has 0 radical (unpaired) electrons. The number of H-pyrrole nitrogens is 1. The Bertz CT molecular complexity index is 767. The lowest BCUT2D eigenvalue weighted by molar-refractivity contribution is 0.0949. The van der Waals surface area contributed by atoms with Crippen molar-refractivity contribution in [2.24, 2.45) is 0 Å². The Hall–Kier alpha value is -2.07. The number of hydrogen-bond acceptors (Lipinski definition) is 2. The summed E-state index contributed by atoms with van der Waals surface area (Å²) in [5.41, 5.74) is 2.82. The predicted molar refractivity (Wildman–Crippen MR) is 86.3 cm³/mol.